The molecule has 0 bridgehead atoms. The number of guanidine groups is 1. The molecule has 7 nitrogen and oxygen atoms in total. The summed E-state index contributed by atoms with van der Waals surface area (Å²) < 4.78 is 18.9. The monoisotopic (exact) mass is 421 g/mol. The van der Waals surface area contributed by atoms with Gasteiger partial charge in [-0.1, -0.05) is 6.07 Å². The number of methoxy groups -OCH3 is 1. The van der Waals surface area contributed by atoms with Crippen molar-refractivity contribution in [2.75, 3.05) is 52.9 Å². The third-order valence-corrected chi connectivity index (χ3v) is 5.21. The lowest BCUT2D eigenvalue weighted by Gasteiger charge is -2.37. The van der Waals surface area contributed by atoms with Crippen LogP contribution in [0.4, 0.5) is 4.39 Å². The predicted molar refractivity (Wildman–Crippen MR) is 118 cm³/mol. The number of nitrogens with one attached hydrogen (secondary N) is 2. The first-order valence-electron chi connectivity index (χ1n) is 10.7. The maximum absolute atomic E-state index is 13.9. The molecule has 0 saturated carbocycles. The lowest BCUT2D eigenvalue weighted by Crippen LogP contribution is -2.52. The van der Waals surface area contributed by atoms with Crippen molar-refractivity contribution in [2.24, 2.45) is 10.4 Å². The van der Waals surface area contributed by atoms with Crippen LogP contribution in [-0.2, 0) is 11.3 Å². The first-order chi connectivity index (χ1) is 14.3. The molecule has 30 heavy (non-hydrogen) atoms. The van der Waals surface area contributed by atoms with Gasteiger partial charge in [0.05, 0.1) is 19.1 Å². The molecule has 0 spiro atoms. The minimum atomic E-state index is -0.559. The van der Waals surface area contributed by atoms with E-state index in [1.54, 1.807) is 12.1 Å². The van der Waals surface area contributed by atoms with E-state index in [-0.39, 0.29) is 17.5 Å². The molecule has 1 aliphatic rings. The van der Waals surface area contributed by atoms with Crippen LogP contribution in [0.25, 0.3) is 0 Å². The molecule has 168 valence electrons. The van der Waals surface area contributed by atoms with E-state index in [4.69, 9.17) is 9.73 Å². The fraction of sp³-hybridized carbons (Fsp3) is 0.636. The number of halogens is 1. The molecule has 1 fully saturated rings. The van der Waals surface area contributed by atoms with Gasteiger partial charge in [-0.3, -0.25) is 14.7 Å². The minimum absolute atomic E-state index is 0.0149. The number of aliphatic imine (C=N–C) groups is 1. The summed E-state index contributed by atoms with van der Waals surface area (Å²) in [6.07, 6.45) is 0. The van der Waals surface area contributed by atoms with Crippen LogP contribution in [0.3, 0.4) is 0 Å². The van der Waals surface area contributed by atoms with Crippen molar-refractivity contribution in [3.8, 4) is 5.75 Å². The zero-order valence-electron chi connectivity index (χ0n) is 18.9. The summed E-state index contributed by atoms with van der Waals surface area (Å²) >= 11 is 0. The smallest absolute Gasteiger partial charge is 0.227 e. The summed E-state index contributed by atoms with van der Waals surface area (Å²) in [4.78, 5) is 21.5. The Balaban J connectivity index is 1.94. The average Bonchev–Trinajstić information content (AvgIpc) is 2.72. The van der Waals surface area contributed by atoms with Crippen LogP contribution in [0.1, 0.15) is 33.3 Å². The van der Waals surface area contributed by atoms with E-state index in [0.29, 0.717) is 19.6 Å². The van der Waals surface area contributed by atoms with Crippen LogP contribution in [0.15, 0.2) is 23.2 Å². The van der Waals surface area contributed by atoms with Gasteiger partial charge in [0, 0.05) is 45.8 Å². The van der Waals surface area contributed by atoms with Gasteiger partial charge in [-0.15, -0.1) is 0 Å². The fourth-order valence-electron chi connectivity index (χ4n) is 3.35. The number of benzene rings is 1. The maximum Gasteiger partial charge on any atom is 0.227 e. The van der Waals surface area contributed by atoms with Crippen LogP contribution in [-0.4, -0.2) is 74.6 Å². The first kappa shape index (κ1) is 23.9. The van der Waals surface area contributed by atoms with E-state index in [9.17, 15) is 9.18 Å². The van der Waals surface area contributed by atoms with Crippen molar-refractivity contribution in [3.63, 3.8) is 0 Å². The summed E-state index contributed by atoms with van der Waals surface area (Å²) in [5.74, 6) is 0.793. The first-order valence-corrected chi connectivity index (χ1v) is 10.7. The Bertz CT molecular complexity index is 730. The quantitative estimate of drug-likeness (QED) is 0.497. The molecule has 0 unspecified atom stereocenters. The molecule has 1 amide bonds. The van der Waals surface area contributed by atoms with E-state index >= 15 is 0 Å². The van der Waals surface area contributed by atoms with Crippen LogP contribution in [0, 0.1) is 11.2 Å². The van der Waals surface area contributed by atoms with E-state index < -0.39 is 5.41 Å². The van der Waals surface area contributed by atoms with Crippen molar-refractivity contribution in [3.05, 3.63) is 29.6 Å². The summed E-state index contributed by atoms with van der Waals surface area (Å²) in [7, 11) is 1.47. The third kappa shape index (κ3) is 6.58. The predicted octanol–water partition coefficient (Wildman–Crippen LogP) is 2.08. The molecular formula is C22H36FN5O2. The largest absolute Gasteiger partial charge is 0.494 e. The van der Waals surface area contributed by atoms with Gasteiger partial charge >= 0.3 is 0 Å². The van der Waals surface area contributed by atoms with Crippen molar-refractivity contribution in [2.45, 2.75) is 34.2 Å². The molecule has 1 aromatic rings. The minimum Gasteiger partial charge on any atom is -0.494 e. The highest BCUT2D eigenvalue weighted by atomic mass is 19.1. The number of hydrogen-bond acceptors (Lipinski definition) is 4. The average molecular weight is 422 g/mol. The molecule has 1 heterocycles. The molecule has 8 heteroatoms. The van der Waals surface area contributed by atoms with Gasteiger partial charge in [0.25, 0.3) is 0 Å². The number of piperazine rings is 1. The SMILES string of the molecule is CCNC(=O)C(C)(C)CN=C(NCC)N1CCN(Cc2ccc(OC)c(F)c2)CC1. The van der Waals surface area contributed by atoms with Crippen LogP contribution < -0.4 is 15.4 Å². The van der Waals surface area contributed by atoms with Gasteiger partial charge in [0.2, 0.25) is 5.91 Å². The second-order valence-corrected chi connectivity index (χ2v) is 8.15. The van der Waals surface area contributed by atoms with Gasteiger partial charge in [0.15, 0.2) is 17.5 Å². The van der Waals surface area contributed by atoms with Crippen molar-refractivity contribution in [1.82, 2.24) is 20.4 Å². The summed E-state index contributed by atoms with van der Waals surface area (Å²) in [6, 6.07) is 5.12. The van der Waals surface area contributed by atoms with Crippen molar-refractivity contribution < 1.29 is 13.9 Å². The molecule has 1 aromatic carbocycles. The molecule has 2 N–H and O–H groups in total. The molecule has 2 rings (SSSR count). The Morgan fingerprint density at radius 3 is 2.40 bits per heavy atom. The van der Waals surface area contributed by atoms with Gasteiger partial charge in [0.1, 0.15) is 0 Å². The second-order valence-electron chi connectivity index (χ2n) is 8.15. The molecule has 0 aliphatic carbocycles. The standard InChI is InChI=1S/C22H36FN5O2/c1-6-24-20(29)22(3,4)16-26-21(25-7-2)28-12-10-27(11-13-28)15-17-8-9-19(30-5)18(23)14-17/h8-9,14H,6-7,10-13,15-16H2,1-5H3,(H,24,29)(H,25,26). The van der Waals surface area contributed by atoms with Crippen LogP contribution >= 0.6 is 0 Å². The number of hydrogen-bond donors (Lipinski definition) is 2. The number of nitrogens with zero attached hydrogens (tertiary/aromatic N) is 3. The highest BCUT2D eigenvalue weighted by molar-refractivity contribution is 5.83. The molecule has 0 atom stereocenters. The number of rotatable bonds is 8. The van der Waals surface area contributed by atoms with E-state index in [1.165, 1.54) is 7.11 Å². The number of carbonyl (C=O) groups is 1. The maximum atomic E-state index is 13.9. The fourth-order valence-corrected chi connectivity index (χ4v) is 3.35. The highest BCUT2D eigenvalue weighted by Crippen LogP contribution is 2.19. The lowest BCUT2D eigenvalue weighted by molar-refractivity contribution is -0.128. The number of carbonyl (C=O) groups excluding carboxylic acids is 1. The molecule has 1 saturated heterocycles. The van der Waals surface area contributed by atoms with Gasteiger partial charge in [-0.2, -0.15) is 0 Å². The third-order valence-electron chi connectivity index (χ3n) is 5.21. The van der Waals surface area contributed by atoms with Gasteiger partial charge < -0.3 is 20.3 Å². The molecule has 1 aliphatic heterocycles. The topological polar surface area (TPSA) is 69.2 Å². The molecule has 0 radical (unpaired) electrons. The lowest BCUT2D eigenvalue weighted by atomic mass is 9.92. The van der Waals surface area contributed by atoms with Gasteiger partial charge in [-0.25, -0.2) is 4.39 Å². The van der Waals surface area contributed by atoms with Gasteiger partial charge in [-0.05, 0) is 45.4 Å². The Morgan fingerprint density at radius 2 is 1.83 bits per heavy atom. The summed E-state index contributed by atoms with van der Waals surface area (Å²) in [6.45, 7) is 13.7. The van der Waals surface area contributed by atoms with E-state index in [0.717, 1.165) is 44.2 Å². The number of amides is 1. The zero-order chi connectivity index (χ0) is 22.1. The highest BCUT2D eigenvalue weighted by Gasteiger charge is 2.28. The van der Waals surface area contributed by atoms with Crippen molar-refractivity contribution in [1.29, 1.82) is 0 Å². The van der Waals surface area contributed by atoms with E-state index in [1.807, 2.05) is 33.8 Å². The molecular weight excluding hydrogens is 385 g/mol. The van der Waals surface area contributed by atoms with Crippen molar-refractivity contribution >= 4 is 11.9 Å². The Hall–Kier alpha value is -2.35. The Kier molecular flexibility index (Phi) is 8.89. The number of ether oxygens (including phenoxy) is 1. The normalized spacial score (nSPS) is 15.8. The van der Waals surface area contributed by atoms with Crippen LogP contribution in [0.5, 0.6) is 5.75 Å². The molecule has 0 aromatic heterocycles. The summed E-state index contributed by atoms with van der Waals surface area (Å²) in [5.41, 5.74) is 0.378. The second kappa shape index (κ2) is 11.2. The zero-order valence-corrected chi connectivity index (χ0v) is 18.9. The Labute approximate surface area is 179 Å². The van der Waals surface area contributed by atoms with Crippen LogP contribution in [0.2, 0.25) is 0 Å². The van der Waals surface area contributed by atoms with E-state index in [2.05, 4.69) is 20.4 Å². The summed E-state index contributed by atoms with van der Waals surface area (Å²) in [5, 5.41) is 6.22. The Morgan fingerprint density at radius 1 is 1.17 bits per heavy atom.